The van der Waals surface area contributed by atoms with E-state index in [9.17, 15) is 5.26 Å². The lowest BCUT2D eigenvalue weighted by Crippen LogP contribution is -2.12. The van der Waals surface area contributed by atoms with Gasteiger partial charge in [0.2, 0.25) is 0 Å². The molecule has 9 nitrogen and oxygen atoms in total. The van der Waals surface area contributed by atoms with Crippen molar-refractivity contribution in [3.05, 3.63) is 97.1 Å². The highest BCUT2D eigenvalue weighted by molar-refractivity contribution is 5.96. The van der Waals surface area contributed by atoms with Crippen LogP contribution in [0.1, 0.15) is 24.1 Å². The minimum absolute atomic E-state index is 0.169. The number of pyridine rings is 2. The van der Waals surface area contributed by atoms with Crippen LogP contribution >= 0.6 is 0 Å². The fraction of sp³-hybridized carbons (Fsp3) is 0.111. The molecule has 1 atom stereocenters. The first-order valence-corrected chi connectivity index (χ1v) is 11.5. The highest BCUT2D eigenvalue weighted by Crippen LogP contribution is 2.34. The number of anilines is 1. The topological polar surface area (TPSA) is 110 Å². The Morgan fingerprint density at radius 2 is 1.89 bits per heavy atom. The summed E-state index contributed by atoms with van der Waals surface area (Å²) in [6, 6.07) is 11.6. The van der Waals surface area contributed by atoms with Gasteiger partial charge in [0.15, 0.2) is 6.19 Å². The SMILES string of the molecule is CCn1cc(C(Nc2cc(-c3cnc4ccn(C#N)c4c3)c3nccnc3c2)c2cccnc2)cn1. The Labute approximate surface area is 206 Å². The molecule has 0 amide bonds. The standard InChI is InChI=1S/C27H21N9/c1-2-36-16-20(15-33-36)26(18-4-3-6-29-13-18)34-21-11-22(27-24(12-21)30-7-8-31-27)19-10-25-23(32-14-19)5-9-35(25)17-28/h3-16,26,34H,2H2,1H3. The molecule has 6 rings (SSSR count). The minimum Gasteiger partial charge on any atom is -0.374 e. The van der Waals surface area contributed by atoms with Crippen molar-refractivity contribution in [1.29, 1.82) is 5.26 Å². The van der Waals surface area contributed by atoms with E-state index in [0.717, 1.165) is 56.6 Å². The first kappa shape index (κ1) is 21.4. The van der Waals surface area contributed by atoms with Gasteiger partial charge in [-0.05, 0) is 42.8 Å². The lowest BCUT2D eigenvalue weighted by Gasteiger charge is -2.20. The highest BCUT2D eigenvalue weighted by atomic mass is 15.3. The van der Waals surface area contributed by atoms with Gasteiger partial charge < -0.3 is 5.32 Å². The van der Waals surface area contributed by atoms with Crippen LogP contribution in [0.2, 0.25) is 0 Å². The van der Waals surface area contributed by atoms with Crippen LogP contribution in [0.5, 0.6) is 0 Å². The largest absolute Gasteiger partial charge is 0.374 e. The average molecular weight is 472 g/mol. The molecule has 0 bridgehead atoms. The number of aryl methyl sites for hydroxylation is 1. The number of hydrogen-bond donors (Lipinski definition) is 1. The summed E-state index contributed by atoms with van der Waals surface area (Å²) < 4.78 is 3.41. The normalized spacial score (nSPS) is 12.0. The summed E-state index contributed by atoms with van der Waals surface area (Å²) >= 11 is 0. The van der Waals surface area contributed by atoms with E-state index in [2.05, 4.69) is 43.5 Å². The van der Waals surface area contributed by atoms with Gasteiger partial charge in [-0.2, -0.15) is 10.4 Å². The van der Waals surface area contributed by atoms with Gasteiger partial charge in [-0.3, -0.25) is 29.2 Å². The number of benzene rings is 1. The van der Waals surface area contributed by atoms with E-state index in [1.807, 2.05) is 59.7 Å². The van der Waals surface area contributed by atoms with E-state index in [-0.39, 0.29) is 6.04 Å². The molecule has 36 heavy (non-hydrogen) atoms. The van der Waals surface area contributed by atoms with Gasteiger partial charge in [0.25, 0.3) is 0 Å². The second kappa shape index (κ2) is 8.92. The van der Waals surface area contributed by atoms with Crippen molar-refractivity contribution < 1.29 is 0 Å². The summed E-state index contributed by atoms with van der Waals surface area (Å²) in [5.74, 6) is 0. The fourth-order valence-corrected chi connectivity index (χ4v) is 4.40. The molecule has 1 aromatic carbocycles. The Hall–Kier alpha value is -5.10. The summed E-state index contributed by atoms with van der Waals surface area (Å²) in [6.07, 6.45) is 16.6. The number of aromatic nitrogens is 7. The first-order valence-electron chi connectivity index (χ1n) is 11.5. The second-order valence-electron chi connectivity index (χ2n) is 8.36. The minimum atomic E-state index is -0.169. The van der Waals surface area contributed by atoms with Crippen molar-refractivity contribution in [3.8, 4) is 17.3 Å². The number of nitrogens with one attached hydrogen (secondary N) is 1. The Balaban J connectivity index is 1.49. The van der Waals surface area contributed by atoms with E-state index in [4.69, 9.17) is 0 Å². The van der Waals surface area contributed by atoms with Gasteiger partial charge in [0.05, 0.1) is 34.3 Å². The number of hydrogen-bond acceptors (Lipinski definition) is 7. The van der Waals surface area contributed by atoms with E-state index in [1.54, 1.807) is 31.0 Å². The zero-order chi connectivity index (χ0) is 24.5. The first-order chi connectivity index (χ1) is 17.7. The molecule has 1 N–H and O–H groups in total. The molecule has 0 saturated carbocycles. The van der Waals surface area contributed by atoms with Crippen LogP contribution in [0.4, 0.5) is 5.69 Å². The van der Waals surface area contributed by atoms with E-state index < -0.39 is 0 Å². The van der Waals surface area contributed by atoms with Crippen molar-refractivity contribution >= 4 is 27.8 Å². The molecule has 0 spiro atoms. The van der Waals surface area contributed by atoms with Crippen molar-refractivity contribution in [3.63, 3.8) is 0 Å². The maximum atomic E-state index is 9.48. The number of rotatable bonds is 6. The Kier molecular flexibility index (Phi) is 5.31. The molecule has 9 heteroatoms. The number of nitrogens with zero attached hydrogens (tertiary/aromatic N) is 8. The van der Waals surface area contributed by atoms with Gasteiger partial charge in [-0.25, -0.2) is 0 Å². The predicted molar refractivity (Wildman–Crippen MR) is 137 cm³/mol. The summed E-state index contributed by atoms with van der Waals surface area (Å²) in [6.45, 7) is 2.85. The summed E-state index contributed by atoms with van der Waals surface area (Å²) in [4.78, 5) is 18.1. The third-order valence-corrected chi connectivity index (χ3v) is 6.17. The van der Waals surface area contributed by atoms with Crippen LogP contribution in [-0.2, 0) is 6.54 Å². The van der Waals surface area contributed by atoms with E-state index in [1.165, 1.54) is 4.57 Å². The molecular formula is C27H21N9. The van der Waals surface area contributed by atoms with Crippen LogP contribution in [0.15, 0.2) is 86.0 Å². The molecule has 5 aromatic heterocycles. The van der Waals surface area contributed by atoms with Gasteiger partial charge in [-0.15, -0.1) is 0 Å². The molecule has 5 heterocycles. The summed E-state index contributed by atoms with van der Waals surface area (Å²) in [7, 11) is 0. The lowest BCUT2D eigenvalue weighted by atomic mass is 10.0. The molecule has 0 fully saturated rings. The molecule has 0 aliphatic rings. The molecule has 0 aliphatic heterocycles. The van der Waals surface area contributed by atoms with Gasteiger partial charge in [0, 0.05) is 72.3 Å². The van der Waals surface area contributed by atoms with Crippen molar-refractivity contribution in [2.45, 2.75) is 19.5 Å². The third kappa shape index (κ3) is 3.80. The van der Waals surface area contributed by atoms with E-state index >= 15 is 0 Å². The molecule has 174 valence electrons. The fourth-order valence-electron chi connectivity index (χ4n) is 4.40. The molecule has 1 unspecified atom stereocenters. The summed E-state index contributed by atoms with van der Waals surface area (Å²) in [5.41, 5.74) is 7.65. The Morgan fingerprint density at radius 1 is 0.972 bits per heavy atom. The van der Waals surface area contributed by atoms with Crippen LogP contribution in [0, 0.1) is 11.5 Å². The molecule has 6 aromatic rings. The van der Waals surface area contributed by atoms with Crippen molar-refractivity contribution in [2.24, 2.45) is 0 Å². The van der Waals surface area contributed by atoms with Crippen LogP contribution in [-0.4, -0.2) is 34.3 Å². The average Bonchev–Trinajstić information content (AvgIpc) is 3.58. The molecule has 0 radical (unpaired) electrons. The van der Waals surface area contributed by atoms with E-state index in [0.29, 0.717) is 0 Å². The predicted octanol–water partition coefficient (Wildman–Crippen LogP) is 4.79. The lowest BCUT2D eigenvalue weighted by molar-refractivity contribution is 0.659. The second-order valence-corrected chi connectivity index (χ2v) is 8.36. The van der Waals surface area contributed by atoms with Crippen molar-refractivity contribution in [1.82, 2.24) is 34.3 Å². The van der Waals surface area contributed by atoms with Gasteiger partial charge in [0.1, 0.15) is 0 Å². The highest BCUT2D eigenvalue weighted by Gasteiger charge is 2.18. The maximum absolute atomic E-state index is 9.48. The quantitative estimate of drug-likeness (QED) is 0.372. The van der Waals surface area contributed by atoms with Crippen LogP contribution in [0.3, 0.4) is 0 Å². The zero-order valence-corrected chi connectivity index (χ0v) is 19.4. The molecule has 0 saturated heterocycles. The molecule has 0 aliphatic carbocycles. The van der Waals surface area contributed by atoms with Crippen molar-refractivity contribution in [2.75, 3.05) is 5.32 Å². The summed E-state index contributed by atoms with van der Waals surface area (Å²) in [5, 5.41) is 17.6. The Morgan fingerprint density at radius 3 is 2.69 bits per heavy atom. The smallest absolute Gasteiger partial charge is 0.188 e. The number of nitriles is 1. The molecular weight excluding hydrogens is 450 g/mol. The third-order valence-electron chi connectivity index (χ3n) is 6.17. The monoisotopic (exact) mass is 471 g/mol. The maximum Gasteiger partial charge on any atom is 0.188 e. The Bertz CT molecular complexity index is 1730. The van der Waals surface area contributed by atoms with Gasteiger partial charge in [-0.1, -0.05) is 6.07 Å². The zero-order valence-electron chi connectivity index (χ0n) is 19.4. The van der Waals surface area contributed by atoms with Gasteiger partial charge >= 0.3 is 0 Å². The number of fused-ring (bicyclic) bond motifs is 2. The van der Waals surface area contributed by atoms with Crippen LogP contribution < -0.4 is 5.32 Å². The van der Waals surface area contributed by atoms with Crippen LogP contribution in [0.25, 0.3) is 33.2 Å².